The molecule has 1 aromatic carbocycles. The van der Waals surface area contributed by atoms with E-state index in [0.29, 0.717) is 4.47 Å². The van der Waals surface area contributed by atoms with Crippen LogP contribution in [0.15, 0.2) is 16.6 Å². The van der Waals surface area contributed by atoms with Gasteiger partial charge in [0.25, 0.3) is 0 Å². The molecule has 0 spiro atoms. The number of ether oxygens (including phenoxy) is 1. The number of anilines is 1. The average Bonchev–Trinajstić information content (AvgIpc) is 2.54. The van der Waals surface area contributed by atoms with E-state index in [2.05, 4.69) is 36.6 Å². The van der Waals surface area contributed by atoms with Gasteiger partial charge in [0, 0.05) is 22.3 Å². The SMILES string of the molecule is O=C1CC(Br)CN1c1c(Cl)cc(Br)cc1OC(F)(F)F. The maximum atomic E-state index is 12.5. The fraction of sp³-hybridized carbons (Fsp3) is 0.364. The lowest BCUT2D eigenvalue weighted by atomic mass is 10.2. The van der Waals surface area contributed by atoms with E-state index < -0.39 is 12.1 Å². The van der Waals surface area contributed by atoms with E-state index in [1.54, 1.807) is 0 Å². The molecule has 9 heteroatoms. The van der Waals surface area contributed by atoms with Gasteiger partial charge in [-0.15, -0.1) is 13.2 Å². The minimum absolute atomic E-state index is 0.00794. The molecule has 0 aliphatic carbocycles. The number of hydrogen-bond donors (Lipinski definition) is 0. The molecule has 1 fully saturated rings. The summed E-state index contributed by atoms with van der Waals surface area (Å²) in [6, 6.07) is 2.54. The molecule has 2 rings (SSSR count). The summed E-state index contributed by atoms with van der Waals surface area (Å²) in [5, 5.41) is 0.00794. The van der Waals surface area contributed by atoms with E-state index in [4.69, 9.17) is 11.6 Å². The Morgan fingerprint density at radius 3 is 2.55 bits per heavy atom. The molecule has 1 saturated heterocycles. The number of carbonyl (C=O) groups is 1. The van der Waals surface area contributed by atoms with Crippen LogP contribution in [-0.4, -0.2) is 23.6 Å². The Labute approximate surface area is 134 Å². The fourth-order valence-corrected chi connectivity index (χ4v) is 3.33. The van der Waals surface area contributed by atoms with Crippen LogP contribution in [0.4, 0.5) is 18.9 Å². The highest BCUT2D eigenvalue weighted by Gasteiger charge is 2.37. The second-order valence-corrected chi connectivity index (χ2v) is 6.71. The van der Waals surface area contributed by atoms with Crippen LogP contribution in [0.25, 0.3) is 0 Å². The predicted molar refractivity (Wildman–Crippen MR) is 75.5 cm³/mol. The lowest BCUT2D eigenvalue weighted by Crippen LogP contribution is -2.27. The molecule has 0 bridgehead atoms. The molecule has 1 aliphatic heterocycles. The molecule has 0 aromatic heterocycles. The predicted octanol–water partition coefficient (Wildman–Crippen LogP) is 4.50. The number of halogens is 6. The van der Waals surface area contributed by atoms with E-state index in [0.717, 1.165) is 6.07 Å². The zero-order valence-corrected chi connectivity index (χ0v) is 13.6. The number of nitrogens with zero attached hydrogens (tertiary/aromatic N) is 1. The van der Waals surface area contributed by atoms with E-state index in [1.807, 2.05) is 0 Å². The third-order valence-corrected chi connectivity index (χ3v) is 3.93. The molecular formula is C11H7Br2ClF3NO2. The van der Waals surface area contributed by atoms with E-state index in [1.165, 1.54) is 11.0 Å². The highest BCUT2D eigenvalue weighted by atomic mass is 79.9. The van der Waals surface area contributed by atoms with Gasteiger partial charge in [-0.25, -0.2) is 0 Å². The molecule has 1 unspecified atom stereocenters. The summed E-state index contributed by atoms with van der Waals surface area (Å²) in [4.78, 5) is 12.9. The van der Waals surface area contributed by atoms with Crippen molar-refractivity contribution < 1.29 is 22.7 Å². The number of carbonyl (C=O) groups excluding carboxylic acids is 1. The standard InChI is InChI=1S/C11H7Br2ClF3NO2/c12-5-1-7(14)10(8(2-5)20-11(15,16)17)18-4-6(13)3-9(18)19/h1-2,6H,3-4H2. The zero-order valence-electron chi connectivity index (χ0n) is 9.68. The minimum Gasteiger partial charge on any atom is -0.403 e. The third-order valence-electron chi connectivity index (χ3n) is 2.57. The summed E-state index contributed by atoms with van der Waals surface area (Å²) in [6.07, 6.45) is -4.67. The minimum atomic E-state index is -4.87. The lowest BCUT2D eigenvalue weighted by Gasteiger charge is -2.22. The molecule has 110 valence electrons. The van der Waals surface area contributed by atoms with Crippen molar-refractivity contribution in [1.29, 1.82) is 0 Å². The Morgan fingerprint density at radius 1 is 1.40 bits per heavy atom. The largest absolute Gasteiger partial charge is 0.573 e. The van der Waals surface area contributed by atoms with Crippen molar-refractivity contribution >= 4 is 55.1 Å². The molecule has 0 saturated carbocycles. The first-order valence-corrected chi connectivity index (χ1v) is 7.45. The number of hydrogen-bond acceptors (Lipinski definition) is 2. The van der Waals surface area contributed by atoms with Crippen molar-refractivity contribution in [2.24, 2.45) is 0 Å². The zero-order chi connectivity index (χ0) is 15.1. The number of amides is 1. The van der Waals surface area contributed by atoms with Gasteiger partial charge in [0.05, 0.1) is 5.02 Å². The quantitative estimate of drug-likeness (QED) is 0.638. The maximum Gasteiger partial charge on any atom is 0.573 e. The van der Waals surface area contributed by atoms with Crippen LogP contribution in [0, 0.1) is 0 Å². The lowest BCUT2D eigenvalue weighted by molar-refractivity contribution is -0.274. The summed E-state index contributed by atoms with van der Waals surface area (Å²) in [5.74, 6) is -0.824. The van der Waals surface area contributed by atoms with E-state index in [-0.39, 0.29) is 34.4 Å². The summed E-state index contributed by atoms with van der Waals surface area (Å²) in [7, 11) is 0. The van der Waals surface area contributed by atoms with Crippen molar-refractivity contribution in [3.8, 4) is 5.75 Å². The van der Waals surface area contributed by atoms with Gasteiger partial charge in [0.1, 0.15) is 5.69 Å². The number of rotatable bonds is 2. The second-order valence-electron chi connectivity index (χ2n) is 4.09. The Morgan fingerprint density at radius 2 is 2.05 bits per heavy atom. The normalized spacial score (nSPS) is 19.6. The van der Waals surface area contributed by atoms with Crippen LogP contribution in [0.2, 0.25) is 5.02 Å². The molecule has 0 radical (unpaired) electrons. The Balaban J connectivity index is 2.48. The molecule has 3 nitrogen and oxygen atoms in total. The van der Waals surface area contributed by atoms with Crippen LogP contribution in [0.5, 0.6) is 5.75 Å². The van der Waals surface area contributed by atoms with Gasteiger partial charge in [-0.05, 0) is 12.1 Å². The monoisotopic (exact) mass is 435 g/mol. The summed E-state index contributed by atoms with van der Waals surface area (Å²) in [5.41, 5.74) is -0.0702. The first kappa shape index (κ1) is 15.9. The van der Waals surface area contributed by atoms with E-state index >= 15 is 0 Å². The van der Waals surface area contributed by atoms with Crippen molar-refractivity contribution in [2.75, 3.05) is 11.4 Å². The average molecular weight is 437 g/mol. The first-order chi connectivity index (χ1) is 9.17. The number of benzene rings is 1. The van der Waals surface area contributed by atoms with Crippen LogP contribution in [0.3, 0.4) is 0 Å². The molecule has 1 heterocycles. The van der Waals surface area contributed by atoms with Crippen molar-refractivity contribution in [3.05, 3.63) is 21.6 Å². The van der Waals surface area contributed by atoms with Crippen molar-refractivity contribution in [3.63, 3.8) is 0 Å². The van der Waals surface area contributed by atoms with Gasteiger partial charge >= 0.3 is 6.36 Å². The molecule has 0 N–H and O–H groups in total. The Kier molecular flexibility index (Phi) is 4.56. The molecule has 1 atom stereocenters. The summed E-state index contributed by atoms with van der Waals surface area (Å²) < 4.78 is 41.6. The molecule has 1 aliphatic rings. The van der Waals surface area contributed by atoms with Crippen LogP contribution >= 0.6 is 43.5 Å². The van der Waals surface area contributed by atoms with Gasteiger partial charge < -0.3 is 9.64 Å². The van der Waals surface area contributed by atoms with Crippen LogP contribution in [-0.2, 0) is 4.79 Å². The second kappa shape index (κ2) is 5.73. The van der Waals surface area contributed by atoms with Gasteiger partial charge in [-0.2, -0.15) is 0 Å². The maximum absolute atomic E-state index is 12.5. The Hall–Kier alpha value is -0.470. The number of alkyl halides is 4. The summed E-state index contributed by atoms with van der Waals surface area (Å²) >= 11 is 12.3. The van der Waals surface area contributed by atoms with Gasteiger partial charge in [0.15, 0.2) is 5.75 Å². The van der Waals surface area contributed by atoms with Gasteiger partial charge in [0.2, 0.25) is 5.91 Å². The van der Waals surface area contributed by atoms with Crippen LogP contribution in [0.1, 0.15) is 6.42 Å². The fourth-order valence-electron chi connectivity index (χ4n) is 1.89. The Bertz CT molecular complexity index is 553. The molecule has 1 aromatic rings. The molecule has 20 heavy (non-hydrogen) atoms. The van der Waals surface area contributed by atoms with Gasteiger partial charge in [-0.1, -0.05) is 43.5 Å². The third kappa shape index (κ3) is 3.59. The van der Waals surface area contributed by atoms with Gasteiger partial charge in [-0.3, -0.25) is 4.79 Å². The first-order valence-electron chi connectivity index (χ1n) is 5.36. The smallest absolute Gasteiger partial charge is 0.403 e. The van der Waals surface area contributed by atoms with Crippen molar-refractivity contribution in [2.45, 2.75) is 17.6 Å². The molecular weight excluding hydrogens is 430 g/mol. The topological polar surface area (TPSA) is 29.5 Å². The van der Waals surface area contributed by atoms with Crippen molar-refractivity contribution in [1.82, 2.24) is 0 Å². The van der Waals surface area contributed by atoms with E-state index in [9.17, 15) is 18.0 Å². The van der Waals surface area contributed by atoms with Crippen LogP contribution < -0.4 is 9.64 Å². The highest BCUT2D eigenvalue weighted by Crippen LogP contribution is 2.43. The summed E-state index contributed by atoms with van der Waals surface area (Å²) in [6.45, 7) is 0.231. The highest BCUT2D eigenvalue weighted by molar-refractivity contribution is 9.10. The molecule has 1 amide bonds.